The highest BCUT2D eigenvalue weighted by Gasteiger charge is 2.59. The fourth-order valence-electron chi connectivity index (χ4n) is 5.02. The number of benzene rings is 3. The summed E-state index contributed by atoms with van der Waals surface area (Å²) in [5, 5.41) is 7.08. The number of hydrogen-bond donors (Lipinski definition) is 2. The lowest BCUT2D eigenvalue weighted by Crippen LogP contribution is -2.72. The van der Waals surface area contributed by atoms with Crippen LogP contribution in [-0.2, 0) is 4.79 Å². The third-order valence-corrected chi connectivity index (χ3v) is 6.94. The molecule has 0 unspecified atom stereocenters. The Bertz CT molecular complexity index is 1280. The maximum atomic E-state index is 13.9. The van der Waals surface area contributed by atoms with Gasteiger partial charge in [-0.25, -0.2) is 0 Å². The molecule has 0 aliphatic carbocycles. The number of fused-ring (bicyclic) bond motifs is 4. The van der Waals surface area contributed by atoms with E-state index in [9.17, 15) is 4.79 Å². The van der Waals surface area contributed by atoms with Gasteiger partial charge >= 0.3 is 0 Å². The molecule has 0 spiro atoms. The second-order valence-electron chi connectivity index (χ2n) is 8.94. The van der Waals surface area contributed by atoms with Crippen molar-refractivity contribution < 1.29 is 14.3 Å². The van der Waals surface area contributed by atoms with Crippen molar-refractivity contribution in [3.05, 3.63) is 83.4 Å². The number of para-hydroxylation sites is 1. The van der Waals surface area contributed by atoms with Gasteiger partial charge in [-0.15, -0.1) is 0 Å². The average Bonchev–Trinajstić information content (AvgIpc) is 2.80. The third kappa shape index (κ3) is 3.56. The van der Waals surface area contributed by atoms with Crippen molar-refractivity contribution in [1.29, 1.82) is 0 Å². The Hall–Kier alpha value is -3.58. The minimum atomic E-state index is -1.06. The summed E-state index contributed by atoms with van der Waals surface area (Å²) < 4.78 is 12.1. The summed E-state index contributed by atoms with van der Waals surface area (Å²) in [4.78, 5) is 15.8. The van der Waals surface area contributed by atoms with Gasteiger partial charge in [-0.2, -0.15) is 0 Å². The molecule has 1 saturated heterocycles. The van der Waals surface area contributed by atoms with Crippen molar-refractivity contribution >= 4 is 34.6 Å². The summed E-state index contributed by atoms with van der Waals surface area (Å²) in [7, 11) is 1.62. The summed E-state index contributed by atoms with van der Waals surface area (Å²) in [5.41, 5.74) is 3.56. The van der Waals surface area contributed by atoms with Crippen LogP contribution in [0, 0.1) is 19.8 Å². The van der Waals surface area contributed by atoms with Gasteiger partial charge in [-0.3, -0.25) is 9.69 Å². The van der Waals surface area contributed by atoms with Crippen molar-refractivity contribution in [2.75, 3.05) is 17.3 Å². The van der Waals surface area contributed by atoms with Gasteiger partial charge in [0.1, 0.15) is 17.4 Å². The Balaban J connectivity index is 1.63. The van der Waals surface area contributed by atoms with Gasteiger partial charge in [0.15, 0.2) is 10.8 Å². The van der Waals surface area contributed by atoms with E-state index in [1.807, 2.05) is 86.3 Å². The van der Waals surface area contributed by atoms with Crippen LogP contribution in [0.3, 0.4) is 0 Å². The number of amides is 1. The number of hydrogen-bond acceptors (Lipinski definition) is 4. The minimum Gasteiger partial charge on any atom is -0.497 e. The van der Waals surface area contributed by atoms with E-state index in [0.29, 0.717) is 16.6 Å². The monoisotopic (exact) mass is 473 g/mol. The van der Waals surface area contributed by atoms with Crippen LogP contribution >= 0.6 is 12.2 Å². The summed E-state index contributed by atoms with van der Waals surface area (Å²) in [6, 6.07) is 21.0. The number of ether oxygens (including phenoxy) is 2. The van der Waals surface area contributed by atoms with Crippen LogP contribution in [0.2, 0.25) is 0 Å². The summed E-state index contributed by atoms with van der Waals surface area (Å²) in [6.07, 6.45) is 0. The van der Waals surface area contributed by atoms with Gasteiger partial charge in [-0.1, -0.05) is 35.9 Å². The smallest absolute Gasteiger partial charge is 0.236 e. The fraction of sp³-hybridized carbons (Fsp3) is 0.259. The van der Waals surface area contributed by atoms with Crippen LogP contribution in [0.5, 0.6) is 11.5 Å². The summed E-state index contributed by atoms with van der Waals surface area (Å²) in [6.45, 7) is 5.96. The Kier molecular flexibility index (Phi) is 5.44. The lowest BCUT2D eigenvalue weighted by atomic mass is 9.78. The number of carbonyl (C=O) groups is 1. The molecule has 2 N–H and O–H groups in total. The second-order valence-corrected chi connectivity index (χ2v) is 9.33. The number of carbonyl (C=O) groups excluding carboxylic acids is 1. The lowest BCUT2D eigenvalue weighted by Gasteiger charge is -2.56. The predicted octanol–water partition coefficient (Wildman–Crippen LogP) is 5.11. The van der Waals surface area contributed by atoms with Crippen LogP contribution in [0.25, 0.3) is 0 Å². The topological polar surface area (TPSA) is 62.8 Å². The number of methoxy groups -OCH3 is 1. The quantitative estimate of drug-likeness (QED) is 0.514. The first-order chi connectivity index (χ1) is 16.3. The van der Waals surface area contributed by atoms with Gasteiger partial charge < -0.3 is 20.1 Å². The van der Waals surface area contributed by atoms with Gasteiger partial charge in [0.25, 0.3) is 0 Å². The molecule has 2 aliphatic heterocycles. The SMILES string of the molecule is COc1ccc2c(c1)[C@@H]1NC(=S)N(c3ccccc3)[C@@](C)(O2)[C@@H]1C(=O)Nc1ccc(C)cc1C. The molecule has 1 fully saturated rings. The van der Waals surface area contributed by atoms with E-state index in [0.717, 1.165) is 28.1 Å². The third-order valence-electron chi connectivity index (χ3n) is 6.64. The molecule has 0 radical (unpaired) electrons. The van der Waals surface area contributed by atoms with Crippen molar-refractivity contribution in [3.8, 4) is 11.5 Å². The van der Waals surface area contributed by atoms with Crippen molar-refractivity contribution in [1.82, 2.24) is 5.32 Å². The number of rotatable bonds is 4. The van der Waals surface area contributed by atoms with Crippen LogP contribution in [0.15, 0.2) is 66.7 Å². The normalized spacial score (nSPS) is 22.8. The largest absolute Gasteiger partial charge is 0.497 e. The molecule has 3 aromatic rings. The van der Waals surface area contributed by atoms with E-state index < -0.39 is 11.6 Å². The number of anilines is 2. The minimum absolute atomic E-state index is 0.149. The van der Waals surface area contributed by atoms with Gasteiger partial charge in [0.2, 0.25) is 5.91 Å². The molecule has 0 saturated carbocycles. The van der Waals surface area contributed by atoms with Gasteiger partial charge in [0, 0.05) is 16.9 Å². The van der Waals surface area contributed by atoms with Crippen LogP contribution in [0.4, 0.5) is 11.4 Å². The van der Waals surface area contributed by atoms with E-state index in [1.165, 1.54) is 0 Å². The molecule has 3 aromatic carbocycles. The molecule has 6 nitrogen and oxygen atoms in total. The molecular weight excluding hydrogens is 446 g/mol. The maximum Gasteiger partial charge on any atom is 0.236 e. The Morgan fingerprint density at radius 3 is 2.59 bits per heavy atom. The molecule has 1 amide bonds. The highest BCUT2D eigenvalue weighted by Crippen LogP contribution is 2.50. The van der Waals surface area contributed by atoms with Crippen molar-refractivity contribution in [3.63, 3.8) is 0 Å². The highest BCUT2D eigenvalue weighted by atomic mass is 32.1. The predicted molar refractivity (Wildman–Crippen MR) is 137 cm³/mol. The standard InChI is InChI=1S/C27H27N3O3S/c1-16-10-12-21(17(2)14-16)28-25(31)23-24-20-15-19(32-4)11-13-22(20)33-27(23,3)30(26(34)29-24)18-8-6-5-7-9-18/h5-15,23-24H,1-4H3,(H,28,31)(H,29,34)/t23-,24-,27-/m0/s1. The number of nitrogens with zero attached hydrogens (tertiary/aromatic N) is 1. The molecule has 174 valence electrons. The maximum absolute atomic E-state index is 13.9. The van der Waals surface area contributed by atoms with Crippen molar-refractivity contribution in [2.45, 2.75) is 32.5 Å². The Morgan fingerprint density at radius 2 is 1.88 bits per heavy atom. The first kappa shape index (κ1) is 22.2. The number of thiocarbonyl (C=S) groups is 1. The van der Waals surface area contributed by atoms with Gasteiger partial charge in [0.05, 0.1) is 13.2 Å². The Labute approximate surface area is 204 Å². The zero-order valence-corrected chi connectivity index (χ0v) is 20.4. The molecule has 0 aromatic heterocycles. The molecule has 2 heterocycles. The number of aryl methyl sites for hydroxylation is 2. The average molecular weight is 474 g/mol. The first-order valence-electron chi connectivity index (χ1n) is 11.2. The van der Waals surface area contributed by atoms with Crippen molar-refractivity contribution in [2.24, 2.45) is 5.92 Å². The fourth-order valence-corrected chi connectivity index (χ4v) is 5.43. The summed E-state index contributed by atoms with van der Waals surface area (Å²) >= 11 is 5.80. The highest BCUT2D eigenvalue weighted by molar-refractivity contribution is 7.80. The first-order valence-corrected chi connectivity index (χ1v) is 11.6. The molecule has 5 rings (SSSR count). The van der Waals surface area contributed by atoms with Gasteiger partial charge in [-0.05, 0) is 75.0 Å². The second kappa shape index (κ2) is 8.33. The zero-order chi connectivity index (χ0) is 24.0. The van der Waals surface area contributed by atoms with E-state index in [2.05, 4.69) is 16.7 Å². The molecular formula is C27H27N3O3S. The van der Waals surface area contributed by atoms with E-state index in [4.69, 9.17) is 21.7 Å². The molecule has 7 heteroatoms. The van der Waals surface area contributed by atoms with E-state index in [-0.39, 0.29) is 11.9 Å². The van der Waals surface area contributed by atoms with Crippen LogP contribution < -0.4 is 25.0 Å². The molecule has 2 aliphatic rings. The number of nitrogens with one attached hydrogen (secondary N) is 2. The zero-order valence-electron chi connectivity index (χ0n) is 19.6. The van der Waals surface area contributed by atoms with E-state index in [1.54, 1.807) is 7.11 Å². The van der Waals surface area contributed by atoms with Crippen LogP contribution in [0.1, 0.15) is 29.7 Å². The molecule has 2 bridgehead atoms. The summed E-state index contributed by atoms with van der Waals surface area (Å²) in [5.74, 6) is 0.626. The molecule has 3 atom stereocenters. The molecule has 34 heavy (non-hydrogen) atoms. The Morgan fingerprint density at radius 1 is 1.12 bits per heavy atom. The van der Waals surface area contributed by atoms with E-state index >= 15 is 0 Å². The van der Waals surface area contributed by atoms with Crippen LogP contribution in [-0.4, -0.2) is 23.9 Å². The lowest BCUT2D eigenvalue weighted by molar-refractivity contribution is -0.130.